The van der Waals surface area contributed by atoms with Gasteiger partial charge in [-0.15, -0.1) is 0 Å². The summed E-state index contributed by atoms with van der Waals surface area (Å²) in [5, 5.41) is 6.45. The van der Waals surface area contributed by atoms with E-state index in [9.17, 15) is 9.59 Å². The van der Waals surface area contributed by atoms with Crippen molar-refractivity contribution in [2.45, 2.75) is 13.8 Å². The van der Waals surface area contributed by atoms with Crippen molar-refractivity contribution in [3.05, 3.63) is 17.5 Å². The molecule has 1 heterocycles. The summed E-state index contributed by atoms with van der Waals surface area (Å²) in [5.74, 6) is -0.328. The van der Waals surface area contributed by atoms with Crippen LogP contribution in [0.2, 0.25) is 0 Å². The van der Waals surface area contributed by atoms with Gasteiger partial charge in [0, 0.05) is 12.7 Å². The van der Waals surface area contributed by atoms with Gasteiger partial charge in [0.2, 0.25) is 0 Å². The van der Waals surface area contributed by atoms with Crippen molar-refractivity contribution < 1.29 is 9.59 Å². The Morgan fingerprint density at radius 1 is 1.57 bits per heavy atom. The van der Waals surface area contributed by atoms with Crippen LogP contribution in [0.1, 0.15) is 23.0 Å². The van der Waals surface area contributed by atoms with Crippen molar-refractivity contribution in [3.8, 4) is 0 Å². The Hall–Kier alpha value is -1.65. The van der Waals surface area contributed by atoms with Crippen LogP contribution in [0, 0.1) is 6.92 Å². The number of amides is 1. The zero-order valence-electron chi connectivity index (χ0n) is 8.50. The molecule has 0 saturated heterocycles. The van der Waals surface area contributed by atoms with Crippen LogP contribution in [0.4, 0.5) is 0 Å². The van der Waals surface area contributed by atoms with Crippen molar-refractivity contribution >= 4 is 11.7 Å². The summed E-state index contributed by atoms with van der Waals surface area (Å²) in [5.41, 5.74) is 1.29. The molecule has 5 heteroatoms. The monoisotopic (exact) mass is 195 g/mol. The number of aryl methyl sites for hydroxylation is 1. The fraction of sp³-hybridized carbons (Fsp3) is 0.444. The van der Waals surface area contributed by atoms with Gasteiger partial charge in [-0.2, -0.15) is 5.10 Å². The summed E-state index contributed by atoms with van der Waals surface area (Å²) >= 11 is 0. The smallest absolute Gasteiger partial charge is 0.255 e. The molecular weight excluding hydrogens is 182 g/mol. The van der Waals surface area contributed by atoms with Gasteiger partial charge < -0.3 is 5.32 Å². The highest BCUT2D eigenvalue weighted by Gasteiger charge is 2.12. The summed E-state index contributed by atoms with van der Waals surface area (Å²) in [4.78, 5) is 22.1. The van der Waals surface area contributed by atoms with Crippen LogP contribution in [0.15, 0.2) is 6.20 Å². The maximum atomic E-state index is 11.5. The standard InChI is InChI=1S/C9H13N3O2/c1-6(13)4-10-9(14)8-5-11-12(3)7(8)2/h5H,4H2,1-3H3,(H,10,14). The number of Topliss-reactive ketones (excluding diaryl/α,β-unsaturated/α-hetero) is 1. The third kappa shape index (κ3) is 2.18. The minimum absolute atomic E-state index is 0.0627. The number of hydrogen-bond acceptors (Lipinski definition) is 3. The van der Waals surface area contributed by atoms with Gasteiger partial charge in [0.15, 0.2) is 0 Å². The molecule has 0 radical (unpaired) electrons. The molecule has 0 saturated carbocycles. The lowest BCUT2D eigenvalue weighted by atomic mass is 10.2. The predicted molar refractivity (Wildman–Crippen MR) is 51.0 cm³/mol. The van der Waals surface area contributed by atoms with Crippen LogP contribution in [0.25, 0.3) is 0 Å². The molecule has 0 bridgehead atoms. The largest absolute Gasteiger partial charge is 0.345 e. The second kappa shape index (κ2) is 4.04. The lowest BCUT2D eigenvalue weighted by molar-refractivity contribution is -0.116. The molecule has 0 aliphatic rings. The highest BCUT2D eigenvalue weighted by molar-refractivity contribution is 5.97. The lowest BCUT2D eigenvalue weighted by Crippen LogP contribution is -2.28. The summed E-state index contributed by atoms with van der Waals surface area (Å²) in [6.07, 6.45) is 1.49. The molecular formula is C9H13N3O2. The lowest BCUT2D eigenvalue weighted by Gasteiger charge is -2.01. The molecule has 0 atom stereocenters. The maximum Gasteiger partial charge on any atom is 0.255 e. The molecule has 76 valence electrons. The van der Waals surface area contributed by atoms with E-state index in [1.807, 2.05) is 0 Å². The van der Waals surface area contributed by atoms with Gasteiger partial charge in [-0.3, -0.25) is 14.3 Å². The van der Waals surface area contributed by atoms with Gasteiger partial charge in [0.1, 0.15) is 5.78 Å². The molecule has 1 aromatic heterocycles. The second-order valence-electron chi connectivity index (χ2n) is 3.15. The topological polar surface area (TPSA) is 64.0 Å². The molecule has 0 unspecified atom stereocenters. The van der Waals surface area contributed by atoms with Crippen molar-refractivity contribution in [2.75, 3.05) is 6.54 Å². The van der Waals surface area contributed by atoms with Crippen LogP contribution < -0.4 is 5.32 Å². The zero-order valence-corrected chi connectivity index (χ0v) is 8.50. The molecule has 1 amide bonds. The number of hydrogen-bond donors (Lipinski definition) is 1. The van der Waals surface area contributed by atoms with E-state index in [0.717, 1.165) is 5.69 Å². The van der Waals surface area contributed by atoms with Crippen molar-refractivity contribution in [1.82, 2.24) is 15.1 Å². The highest BCUT2D eigenvalue weighted by atomic mass is 16.2. The minimum Gasteiger partial charge on any atom is -0.345 e. The van der Waals surface area contributed by atoms with Gasteiger partial charge in [-0.05, 0) is 13.8 Å². The molecule has 1 rings (SSSR count). The van der Waals surface area contributed by atoms with E-state index in [1.165, 1.54) is 13.1 Å². The molecule has 1 N–H and O–H groups in total. The molecule has 14 heavy (non-hydrogen) atoms. The summed E-state index contributed by atoms with van der Waals surface area (Å²) in [6, 6.07) is 0. The fourth-order valence-electron chi connectivity index (χ4n) is 1.02. The number of carbonyl (C=O) groups excluding carboxylic acids is 2. The quantitative estimate of drug-likeness (QED) is 0.741. The van der Waals surface area contributed by atoms with Crippen molar-refractivity contribution in [2.24, 2.45) is 7.05 Å². The second-order valence-corrected chi connectivity index (χ2v) is 3.15. The molecule has 0 aromatic carbocycles. The first-order valence-electron chi connectivity index (χ1n) is 4.28. The first kappa shape index (κ1) is 10.4. The molecule has 0 aliphatic carbocycles. The number of nitrogens with zero attached hydrogens (tertiary/aromatic N) is 2. The van der Waals surface area contributed by atoms with Crippen molar-refractivity contribution in [1.29, 1.82) is 0 Å². The SMILES string of the molecule is CC(=O)CNC(=O)c1cnn(C)c1C. The zero-order chi connectivity index (χ0) is 10.7. The fourth-order valence-corrected chi connectivity index (χ4v) is 1.02. The summed E-state index contributed by atoms with van der Waals surface area (Å²) in [6.45, 7) is 3.29. The molecule has 0 aliphatic heterocycles. The molecule has 0 spiro atoms. The van der Waals surface area contributed by atoms with E-state index >= 15 is 0 Å². The van der Waals surface area contributed by atoms with Crippen LogP contribution in [-0.2, 0) is 11.8 Å². The van der Waals surface area contributed by atoms with Crippen molar-refractivity contribution in [3.63, 3.8) is 0 Å². The Kier molecular flexibility index (Phi) is 3.01. The number of ketones is 1. The predicted octanol–water partition coefficient (Wildman–Crippen LogP) is 0.0473. The van der Waals surface area contributed by atoms with E-state index in [0.29, 0.717) is 5.56 Å². The third-order valence-corrected chi connectivity index (χ3v) is 1.98. The van der Waals surface area contributed by atoms with E-state index in [4.69, 9.17) is 0 Å². The first-order valence-corrected chi connectivity index (χ1v) is 4.28. The number of rotatable bonds is 3. The maximum absolute atomic E-state index is 11.5. The number of carbonyl (C=O) groups is 2. The van der Waals surface area contributed by atoms with Crippen LogP contribution in [0.3, 0.4) is 0 Å². The van der Waals surface area contributed by atoms with E-state index < -0.39 is 0 Å². The van der Waals surface area contributed by atoms with Gasteiger partial charge in [0.05, 0.1) is 18.3 Å². The van der Waals surface area contributed by atoms with Gasteiger partial charge >= 0.3 is 0 Å². The van der Waals surface area contributed by atoms with E-state index in [1.54, 1.807) is 18.7 Å². The van der Waals surface area contributed by atoms with Crippen LogP contribution in [-0.4, -0.2) is 28.0 Å². The Labute approximate surface area is 82.1 Å². The normalized spacial score (nSPS) is 9.93. The number of nitrogens with one attached hydrogen (secondary N) is 1. The third-order valence-electron chi connectivity index (χ3n) is 1.98. The Bertz CT molecular complexity index is 368. The summed E-state index contributed by atoms with van der Waals surface area (Å²) in [7, 11) is 1.76. The Morgan fingerprint density at radius 2 is 2.21 bits per heavy atom. The summed E-state index contributed by atoms with van der Waals surface area (Å²) < 4.78 is 1.61. The first-order chi connectivity index (χ1) is 6.52. The average Bonchev–Trinajstić information content (AvgIpc) is 2.44. The minimum atomic E-state index is -0.259. The number of aromatic nitrogens is 2. The van der Waals surface area contributed by atoms with Gasteiger partial charge in [-0.25, -0.2) is 0 Å². The van der Waals surface area contributed by atoms with Crippen LogP contribution >= 0.6 is 0 Å². The van der Waals surface area contributed by atoms with Crippen LogP contribution in [0.5, 0.6) is 0 Å². The Morgan fingerprint density at radius 3 is 2.64 bits per heavy atom. The van der Waals surface area contributed by atoms with E-state index in [2.05, 4.69) is 10.4 Å². The van der Waals surface area contributed by atoms with E-state index in [-0.39, 0.29) is 18.2 Å². The highest BCUT2D eigenvalue weighted by Crippen LogP contribution is 2.04. The molecule has 0 fully saturated rings. The molecule has 5 nitrogen and oxygen atoms in total. The molecule has 1 aromatic rings. The van der Waals surface area contributed by atoms with Gasteiger partial charge in [-0.1, -0.05) is 0 Å². The average molecular weight is 195 g/mol. The Balaban J connectivity index is 2.70. The van der Waals surface area contributed by atoms with Gasteiger partial charge in [0.25, 0.3) is 5.91 Å².